The van der Waals surface area contributed by atoms with E-state index in [1.165, 1.54) is 0 Å². The van der Waals surface area contributed by atoms with Crippen LogP contribution in [0.2, 0.25) is 0 Å². The summed E-state index contributed by atoms with van der Waals surface area (Å²) in [7, 11) is 0. The van der Waals surface area contributed by atoms with Crippen molar-refractivity contribution in [3.05, 3.63) is 12.2 Å². The van der Waals surface area contributed by atoms with Gasteiger partial charge in [-0.05, 0) is 32.6 Å². The summed E-state index contributed by atoms with van der Waals surface area (Å²) in [5, 5.41) is 0. The van der Waals surface area contributed by atoms with Gasteiger partial charge in [0, 0.05) is 17.3 Å². The molecule has 0 N–H and O–H groups in total. The highest BCUT2D eigenvalue weighted by atomic mass is 16.8. The number of rotatable bonds is 0. The second-order valence-electron chi connectivity index (χ2n) is 6.90. The van der Waals surface area contributed by atoms with E-state index in [9.17, 15) is 4.79 Å². The molecule has 1 aliphatic heterocycles. The first-order valence-electron chi connectivity index (χ1n) is 6.99. The molecule has 0 radical (unpaired) electrons. The Balaban J connectivity index is 1.79. The highest BCUT2D eigenvalue weighted by Gasteiger charge is 2.82. The minimum Gasteiger partial charge on any atom is -0.344 e. The molecule has 0 aromatic rings. The van der Waals surface area contributed by atoms with Gasteiger partial charge in [0.25, 0.3) is 0 Å². The first-order valence-corrected chi connectivity index (χ1v) is 6.99. The SMILES string of the molecule is CC1(C)O[C@H]2C=C[C@@H]3C4(C)C(=O)CCC[C@@]34[C@H]2O1. The molecule has 1 spiro atoms. The Bertz CT molecular complexity index is 466. The molecule has 3 nitrogen and oxygen atoms in total. The van der Waals surface area contributed by atoms with Gasteiger partial charge in [0.05, 0.1) is 6.10 Å². The molecule has 0 aromatic heterocycles. The first kappa shape index (κ1) is 11.2. The lowest BCUT2D eigenvalue weighted by molar-refractivity contribution is -0.155. The Labute approximate surface area is 108 Å². The van der Waals surface area contributed by atoms with Crippen LogP contribution in [0.1, 0.15) is 40.0 Å². The molecule has 1 unspecified atom stereocenters. The quantitative estimate of drug-likeness (QED) is 0.618. The maximum absolute atomic E-state index is 12.3. The lowest BCUT2D eigenvalue weighted by Gasteiger charge is -2.33. The maximum Gasteiger partial charge on any atom is 0.164 e. The van der Waals surface area contributed by atoms with E-state index in [2.05, 4.69) is 19.1 Å². The number of hydrogen-bond donors (Lipinski definition) is 0. The third-order valence-electron chi connectivity index (χ3n) is 5.76. The summed E-state index contributed by atoms with van der Waals surface area (Å²) in [5.74, 6) is 0.281. The summed E-state index contributed by atoms with van der Waals surface area (Å²) < 4.78 is 12.1. The van der Waals surface area contributed by atoms with Crippen molar-refractivity contribution < 1.29 is 14.3 Å². The van der Waals surface area contributed by atoms with Crippen LogP contribution in [0.15, 0.2) is 12.2 Å². The Kier molecular flexibility index (Phi) is 1.81. The van der Waals surface area contributed by atoms with Crippen LogP contribution in [0, 0.1) is 16.7 Å². The van der Waals surface area contributed by atoms with Crippen molar-refractivity contribution in [2.24, 2.45) is 16.7 Å². The van der Waals surface area contributed by atoms with E-state index in [1.54, 1.807) is 0 Å². The predicted octanol–water partition coefficient (Wildman–Crippen LogP) is 2.45. The van der Waals surface area contributed by atoms with Crippen LogP contribution in [0.25, 0.3) is 0 Å². The number of allylic oxidation sites excluding steroid dienone is 1. The number of ether oxygens (including phenoxy) is 2. The zero-order valence-electron chi connectivity index (χ0n) is 11.2. The zero-order chi connectivity index (χ0) is 12.8. The van der Waals surface area contributed by atoms with Crippen LogP contribution in [0.4, 0.5) is 0 Å². The van der Waals surface area contributed by atoms with Crippen molar-refractivity contribution >= 4 is 5.78 Å². The second kappa shape index (κ2) is 2.91. The Hall–Kier alpha value is -0.670. The van der Waals surface area contributed by atoms with Crippen LogP contribution < -0.4 is 0 Å². The van der Waals surface area contributed by atoms with Crippen molar-refractivity contribution in [2.75, 3.05) is 0 Å². The molecule has 3 fully saturated rings. The third-order valence-corrected chi connectivity index (χ3v) is 5.76. The molecule has 0 aromatic carbocycles. The van der Waals surface area contributed by atoms with Gasteiger partial charge in [-0.2, -0.15) is 0 Å². The number of carbonyl (C=O) groups excluding carboxylic acids is 1. The summed E-state index contributed by atoms with van der Waals surface area (Å²) in [6.07, 6.45) is 7.28. The first-order chi connectivity index (χ1) is 8.42. The van der Waals surface area contributed by atoms with Crippen LogP contribution in [0.5, 0.6) is 0 Å². The maximum atomic E-state index is 12.3. The van der Waals surface area contributed by atoms with Crippen molar-refractivity contribution in [3.63, 3.8) is 0 Å². The minimum atomic E-state index is -0.521. The highest BCUT2D eigenvalue weighted by Crippen LogP contribution is 2.79. The standard InChI is InChI=1S/C15H20O3/c1-13(2)17-9-6-7-10-14(3)11(16)5-4-8-15(10,14)12(9)18-13/h6-7,9-10,12H,4-5,8H2,1-3H3/t9-,10+,12-,14?,15-/m0/s1. The van der Waals surface area contributed by atoms with E-state index < -0.39 is 5.79 Å². The fraction of sp³-hybridized carbons (Fsp3) is 0.800. The highest BCUT2D eigenvalue weighted by molar-refractivity contribution is 5.91. The van der Waals surface area contributed by atoms with Gasteiger partial charge >= 0.3 is 0 Å². The number of hydrogen-bond acceptors (Lipinski definition) is 3. The van der Waals surface area contributed by atoms with Crippen LogP contribution in [0.3, 0.4) is 0 Å². The van der Waals surface area contributed by atoms with Crippen LogP contribution in [-0.2, 0) is 14.3 Å². The average Bonchev–Trinajstić information content (AvgIpc) is 2.70. The molecule has 3 aliphatic carbocycles. The zero-order valence-corrected chi connectivity index (χ0v) is 11.2. The number of fused-ring (bicyclic) bond motifs is 2. The fourth-order valence-electron chi connectivity index (χ4n) is 4.94. The molecular formula is C15H20O3. The van der Waals surface area contributed by atoms with Crippen molar-refractivity contribution in [1.82, 2.24) is 0 Å². The molecule has 1 saturated heterocycles. The molecule has 2 saturated carbocycles. The summed E-state index contributed by atoms with van der Waals surface area (Å²) in [4.78, 5) is 12.3. The lowest BCUT2D eigenvalue weighted by Crippen LogP contribution is -2.40. The van der Waals surface area contributed by atoms with E-state index in [1.807, 2.05) is 13.8 Å². The fourth-order valence-corrected chi connectivity index (χ4v) is 4.94. The van der Waals surface area contributed by atoms with E-state index in [0.29, 0.717) is 11.7 Å². The van der Waals surface area contributed by atoms with Gasteiger partial charge in [0.1, 0.15) is 11.9 Å². The summed E-state index contributed by atoms with van der Waals surface area (Å²) in [5.41, 5.74) is -0.166. The van der Waals surface area contributed by atoms with Crippen molar-refractivity contribution in [3.8, 4) is 0 Å². The summed E-state index contributed by atoms with van der Waals surface area (Å²) in [6, 6.07) is 0. The second-order valence-corrected chi connectivity index (χ2v) is 6.90. The monoisotopic (exact) mass is 248 g/mol. The van der Waals surface area contributed by atoms with Crippen LogP contribution >= 0.6 is 0 Å². The predicted molar refractivity (Wildman–Crippen MR) is 65.9 cm³/mol. The number of Topliss-reactive ketones (excluding diaryl/α,β-unsaturated/α-hetero) is 1. The van der Waals surface area contributed by atoms with Gasteiger partial charge in [-0.1, -0.05) is 19.1 Å². The molecule has 3 heteroatoms. The topological polar surface area (TPSA) is 35.5 Å². The van der Waals surface area contributed by atoms with Crippen molar-refractivity contribution in [2.45, 2.75) is 58.0 Å². The third kappa shape index (κ3) is 0.992. The van der Waals surface area contributed by atoms with E-state index in [0.717, 1.165) is 19.3 Å². The summed E-state index contributed by atoms with van der Waals surface area (Å²) >= 11 is 0. The lowest BCUT2D eigenvalue weighted by atomic mass is 9.74. The van der Waals surface area contributed by atoms with Gasteiger partial charge in [0.2, 0.25) is 0 Å². The minimum absolute atomic E-state index is 0.0233. The van der Waals surface area contributed by atoms with E-state index in [-0.39, 0.29) is 23.0 Å². The smallest absolute Gasteiger partial charge is 0.164 e. The Morgan fingerprint density at radius 3 is 2.78 bits per heavy atom. The molecular weight excluding hydrogens is 228 g/mol. The average molecular weight is 248 g/mol. The van der Waals surface area contributed by atoms with Crippen molar-refractivity contribution in [1.29, 1.82) is 0 Å². The Morgan fingerprint density at radius 2 is 2.00 bits per heavy atom. The van der Waals surface area contributed by atoms with Gasteiger partial charge in [0.15, 0.2) is 5.79 Å². The number of ketones is 1. The van der Waals surface area contributed by atoms with Crippen LogP contribution in [-0.4, -0.2) is 23.8 Å². The van der Waals surface area contributed by atoms with E-state index >= 15 is 0 Å². The number of carbonyl (C=O) groups is 1. The van der Waals surface area contributed by atoms with Gasteiger partial charge < -0.3 is 9.47 Å². The molecule has 5 atom stereocenters. The molecule has 18 heavy (non-hydrogen) atoms. The molecule has 98 valence electrons. The normalized spacial score (nSPS) is 55.7. The molecule has 0 amide bonds. The van der Waals surface area contributed by atoms with E-state index in [4.69, 9.17) is 9.47 Å². The largest absolute Gasteiger partial charge is 0.344 e. The molecule has 0 bridgehead atoms. The van der Waals surface area contributed by atoms with Gasteiger partial charge in [-0.25, -0.2) is 0 Å². The van der Waals surface area contributed by atoms with Gasteiger partial charge in [-0.15, -0.1) is 0 Å². The molecule has 1 heterocycles. The molecule has 4 rings (SSSR count). The van der Waals surface area contributed by atoms with Gasteiger partial charge in [-0.3, -0.25) is 4.79 Å². The molecule has 4 aliphatic rings. The summed E-state index contributed by atoms with van der Waals surface area (Å²) in [6.45, 7) is 6.07. The Morgan fingerprint density at radius 1 is 1.22 bits per heavy atom.